The number of rotatable bonds is 4. The lowest BCUT2D eigenvalue weighted by Crippen LogP contribution is -2.36. The van der Waals surface area contributed by atoms with Gasteiger partial charge in [0.15, 0.2) is 15.9 Å². The van der Waals surface area contributed by atoms with E-state index < -0.39 is 9.84 Å². The fourth-order valence-corrected chi connectivity index (χ4v) is 3.02. The molecule has 0 unspecified atom stereocenters. The minimum atomic E-state index is -3.43. The van der Waals surface area contributed by atoms with Crippen LogP contribution in [0.25, 0.3) is 5.70 Å². The predicted octanol–water partition coefficient (Wildman–Crippen LogP) is 0.956. The van der Waals surface area contributed by atoms with Crippen LogP contribution in [0.5, 0.6) is 0 Å². The van der Waals surface area contributed by atoms with E-state index in [2.05, 4.69) is 5.10 Å². The Balaban J connectivity index is 2.26. The van der Waals surface area contributed by atoms with Crippen LogP contribution in [0.15, 0.2) is 53.7 Å². The highest BCUT2D eigenvalue weighted by atomic mass is 32.2. The first-order valence-electron chi connectivity index (χ1n) is 5.91. The van der Waals surface area contributed by atoms with Gasteiger partial charge in [-0.25, -0.2) is 8.42 Å². The lowest BCUT2D eigenvalue weighted by Gasteiger charge is -2.03. The van der Waals surface area contributed by atoms with Crippen molar-refractivity contribution in [2.75, 3.05) is 0 Å². The molecule has 0 radical (unpaired) electrons. The van der Waals surface area contributed by atoms with Crippen LogP contribution >= 0.6 is 0 Å². The van der Waals surface area contributed by atoms with Gasteiger partial charge in [-0.2, -0.15) is 5.26 Å². The van der Waals surface area contributed by atoms with E-state index in [0.29, 0.717) is 5.56 Å². The topological polar surface area (TPSA) is 98.5 Å². The molecule has 1 heterocycles. The molecule has 0 aliphatic heterocycles. The minimum absolute atomic E-state index is 0.0764. The molecule has 0 atom stereocenters. The van der Waals surface area contributed by atoms with Crippen molar-refractivity contribution in [2.24, 2.45) is 0 Å². The first-order valence-corrected chi connectivity index (χ1v) is 7.57. The van der Waals surface area contributed by atoms with E-state index in [1.54, 1.807) is 30.3 Å². The molecule has 0 fully saturated rings. The van der Waals surface area contributed by atoms with Crippen molar-refractivity contribution in [1.29, 1.82) is 10.7 Å². The number of sulfone groups is 1. The molecule has 0 saturated carbocycles. The molecule has 1 aromatic carbocycles. The molecule has 0 aliphatic rings. The van der Waals surface area contributed by atoms with Gasteiger partial charge >= 0.3 is 5.70 Å². The molecule has 21 heavy (non-hydrogen) atoms. The maximum Gasteiger partial charge on any atom is 0.376 e. The van der Waals surface area contributed by atoms with Crippen LogP contribution in [-0.4, -0.2) is 19.4 Å². The van der Waals surface area contributed by atoms with Crippen molar-refractivity contribution in [3.05, 3.63) is 54.4 Å². The van der Waals surface area contributed by atoms with Crippen LogP contribution in [0.1, 0.15) is 5.56 Å². The van der Waals surface area contributed by atoms with Crippen molar-refractivity contribution in [3.63, 3.8) is 0 Å². The van der Waals surface area contributed by atoms with Crippen molar-refractivity contribution >= 4 is 21.4 Å². The van der Waals surface area contributed by atoms with Gasteiger partial charge in [0.05, 0.1) is 22.7 Å². The Kier molecular flexibility index (Phi) is 4.24. The summed E-state index contributed by atoms with van der Waals surface area (Å²) in [5.41, 5.74) is 0.421. The second-order valence-corrected chi connectivity index (χ2v) is 6.13. The van der Waals surface area contributed by atoms with Gasteiger partial charge < -0.3 is 0 Å². The summed E-state index contributed by atoms with van der Waals surface area (Å²) in [6, 6.07) is 11.5. The first kappa shape index (κ1) is 14.6. The number of hydrogen-bond donors (Lipinski definition) is 1. The molecule has 1 N–H and O–H groups in total. The average Bonchev–Trinajstić information content (AvgIpc) is 2.51. The SMILES string of the molecule is N#CC(=C=N)[n+]1ccc(CS(=O)(=O)c2ccccc2)cn1. The first-order chi connectivity index (χ1) is 10.1. The maximum absolute atomic E-state index is 12.2. The highest BCUT2D eigenvalue weighted by Crippen LogP contribution is 2.14. The van der Waals surface area contributed by atoms with E-state index in [-0.39, 0.29) is 16.3 Å². The number of nitrogens with zero attached hydrogens (tertiary/aromatic N) is 3. The van der Waals surface area contributed by atoms with E-state index in [1.165, 1.54) is 24.5 Å². The van der Waals surface area contributed by atoms with Gasteiger partial charge in [0.2, 0.25) is 6.20 Å². The molecular weight excluding hydrogens is 288 g/mol. The van der Waals surface area contributed by atoms with E-state index in [9.17, 15) is 8.42 Å². The molecule has 0 spiro atoms. The van der Waals surface area contributed by atoms with Gasteiger partial charge in [-0.15, -0.1) is 0 Å². The fourth-order valence-electron chi connectivity index (χ4n) is 1.67. The Labute approximate surface area is 122 Å². The monoisotopic (exact) mass is 299 g/mol. The van der Waals surface area contributed by atoms with Crippen LogP contribution in [0, 0.1) is 16.7 Å². The van der Waals surface area contributed by atoms with E-state index in [0.717, 1.165) is 4.68 Å². The number of nitriles is 1. The van der Waals surface area contributed by atoms with Crippen LogP contribution < -0.4 is 4.68 Å². The second-order valence-electron chi connectivity index (χ2n) is 4.14. The molecule has 0 amide bonds. The smallest absolute Gasteiger partial charge is 0.252 e. The minimum Gasteiger partial charge on any atom is -0.252 e. The molecule has 0 saturated heterocycles. The van der Waals surface area contributed by atoms with E-state index >= 15 is 0 Å². The standard InChI is InChI=1S/C14H11N4O2S/c15-8-13(9-16)18-7-6-12(10-17-18)11-21(19,20)14-4-2-1-3-5-14/h1-7,10,15H,11H2/q+1. The van der Waals surface area contributed by atoms with Gasteiger partial charge in [-0.1, -0.05) is 18.2 Å². The quantitative estimate of drug-likeness (QED) is 0.516. The summed E-state index contributed by atoms with van der Waals surface area (Å²) in [5, 5.41) is 19.6. The highest BCUT2D eigenvalue weighted by Gasteiger charge is 2.17. The number of benzene rings is 1. The zero-order chi connectivity index (χ0) is 15.3. The summed E-state index contributed by atoms with van der Waals surface area (Å²) >= 11 is 0. The van der Waals surface area contributed by atoms with Crippen molar-refractivity contribution < 1.29 is 13.1 Å². The maximum atomic E-state index is 12.2. The third-order valence-corrected chi connectivity index (χ3v) is 4.39. The second kappa shape index (κ2) is 6.09. The summed E-state index contributed by atoms with van der Waals surface area (Å²) in [7, 11) is -3.43. The van der Waals surface area contributed by atoms with Gasteiger partial charge in [-0.3, -0.25) is 5.41 Å². The summed E-state index contributed by atoms with van der Waals surface area (Å²) in [6.45, 7) is 0. The van der Waals surface area contributed by atoms with Crippen molar-refractivity contribution in [3.8, 4) is 6.07 Å². The zero-order valence-corrected chi connectivity index (χ0v) is 11.7. The number of nitrogens with one attached hydrogen (secondary N) is 1. The largest absolute Gasteiger partial charge is 0.376 e. The fraction of sp³-hybridized carbons (Fsp3) is 0.0714. The number of aromatic nitrogens is 2. The Morgan fingerprint density at radius 3 is 2.52 bits per heavy atom. The molecule has 7 heteroatoms. The molecule has 1 aromatic heterocycles. The average molecular weight is 299 g/mol. The molecular formula is C14H11N4O2S+. The predicted molar refractivity (Wildman–Crippen MR) is 74.8 cm³/mol. The van der Waals surface area contributed by atoms with Crippen LogP contribution in [0.3, 0.4) is 0 Å². The third kappa shape index (κ3) is 3.39. The molecule has 2 rings (SSSR count). The molecule has 6 nitrogen and oxygen atoms in total. The Morgan fingerprint density at radius 2 is 2.00 bits per heavy atom. The van der Waals surface area contributed by atoms with E-state index in [4.69, 9.17) is 10.7 Å². The Hall–Kier alpha value is -2.81. The van der Waals surface area contributed by atoms with Crippen LogP contribution in [0.2, 0.25) is 0 Å². The third-order valence-electron chi connectivity index (χ3n) is 2.69. The summed E-state index contributed by atoms with van der Waals surface area (Å²) in [6.07, 6.45) is 2.78. The molecule has 2 aromatic rings. The van der Waals surface area contributed by atoms with Crippen molar-refractivity contribution in [2.45, 2.75) is 10.6 Å². The lowest BCUT2D eigenvalue weighted by atomic mass is 10.3. The summed E-state index contributed by atoms with van der Waals surface area (Å²) < 4.78 is 25.6. The highest BCUT2D eigenvalue weighted by molar-refractivity contribution is 7.90. The number of hydrogen-bond acceptors (Lipinski definition) is 5. The van der Waals surface area contributed by atoms with Crippen molar-refractivity contribution in [1.82, 2.24) is 5.10 Å². The normalized spacial score (nSPS) is 10.4. The van der Waals surface area contributed by atoms with Gasteiger partial charge in [-0.05, 0) is 27.5 Å². The van der Waals surface area contributed by atoms with Gasteiger partial charge in [0, 0.05) is 6.07 Å². The lowest BCUT2D eigenvalue weighted by molar-refractivity contribution is -0.641. The molecule has 0 aliphatic carbocycles. The number of allylic oxidation sites excluding steroid dienone is 1. The molecule has 0 bridgehead atoms. The molecule has 104 valence electrons. The van der Waals surface area contributed by atoms with E-state index in [1.807, 2.05) is 5.87 Å². The van der Waals surface area contributed by atoms with Gasteiger partial charge in [0.25, 0.3) is 0 Å². The summed E-state index contributed by atoms with van der Waals surface area (Å²) in [5.74, 6) is 1.77. The van der Waals surface area contributed by atoms with Crippen LogP contribution in [-0.2, 0) is 15.6 Å². The zero-order valence-electron chi connectivity index (χ0n) is 10.9. The summed E-state index contributed by atoms with van der Waals surface area (Å²) in [4.78, 5) is 0.249. The van der Waals surface area contributed by atoms with Crippen LogP contribution in [0.4, 0.5) is 0 Å². The Morgan fingerprint density at radius 1 is 1.29 bits per heavy atom. The Bertz CT molecular complexity index is 831. The van der Waals surface area contributed by atoms with Gasteiger partial charge in [0.1, 0.15) is 0 Å².